The average Bonchev–Trinajstić information content (AvgIpc) is 3.09. The predicted molar refractivity (Wildman–Crippen MR) is 106 cm³/mol. The van der Waals surface area contributed by atoms with E-state index >= 15 is 0 Å². The molecule has 9 heteroatoms. The Morgan fingerprint density at radius 1 is 1.21 bits per heavy atom. The summed E-state index contributed by atoms with van der Waals surface area (Å²) in [6.45, 7) is 4.10. The fourth-order valence-electron chi connectivity index (χ4n) is 2.46. The first-order valence-corrected chi connectivity index (χ1v) is 9.56. The second-order valence-corrected chi connectivity index (χ2v) is 6.88. The van der Waals surface area contributed by atoms with Crippen LogP contribution in [0.5, 0.6) is 17.2 Å². The van der Waals surface area contributed by atoms with Gasteiger partial charge in [0.2, 0.25) is 0 Å². The van der Waals surface area contributed by atoms with Crippen molar-refractivity contribution in [2.24, 2.45) is 0 Å². The number of rotatable bonds is 9. The maximum Gasteiger partial charge on any atom is 0.192 e. The number of phenols is 2. The monoisotopic (exact) mass is 415 g/mol. The van der Waals surface area contributed by atoms with Crippen LogP contribution < -0.4 is 4.74 Å². The van der Waals surface area contributed by atoms with E-state index in [0.717, 1.165) is 11.8 Å². The van der Waals surface area contributed by atoms with Gasteiger partial charge >= 0.3 is 0 Å². The second kappa shape index (κ2) is 9.24. The zero-order valence-corrected chi connectivity index (χ0v) is 16.1. The van der Waals surface area contributed by atoms with Crippen molar-refractivity contribution >= 4 is 17.5 Å². The Hall–Kier alpha value is -3.33. The zero-order valence-electron chi connectivity index (χ0n) is 15.3. The maximum absolute atomic E-state index is 13.7. The molecule has 0 saturated heterocycles. The van der Waals surface area contributed by atoms with E-state index in [2.05, 4.69) is 16.8 Å². The van der Waals surface area contributed by atoms with Crippen LogP contribution >= 0.6 is 11.8 Å². The van der Waals surface area contributed by atoms with Gasteiger partial charge in [-0.2, -0.15) is 0 Å². The number of ketones is 1. The molecular weight excluding hydrogens is 397 g/mol. The molecule has 1 aromatic heterocycles. The number of carbonyl (C=O) groups excluding carboxylic acids is 1. The lowest BCUT2D eigenvalue weighted by molar-refractivity contribution is 0.102. The highest BCUT2D eigenvalue weighted by Crippen LogP contribution is 2.26. The molecule has 0 bridgehead atoms. The molecule has 7 nitrogen and oxygen atoms in total. The predicted octanol–water partition coefficient (Wildman–Crippen LogP) is 3.57. The van der Waals surface area contributed by atoms with Gasteiger partial charge in [-0.1, -0.05) is 30.0 Å². The summed E-state index contributed by atoms with van der Waals surface area (Å²) in [5, 5.41) is 27.5. The molecule has 0 atom stereocenters. The van der Waals surface area contributed by atoms with Gasteiger partial charge < -0.3 is 14.9 Å². The number of phenolic OH excluding ortho intramolecular Hbond substituents is 2. The number of thioether (sulfide) groups is 1. The van der Waals surface area contributed by atoms with Crippen molar-refractivity contribution in [3.05, 3.63) is 72.3 Å². The molecule has 3 aromatic rings. The second-order valence-electron chi connectivity index (χ2n) is 5.93. The van der Waals surface area contributed by atoms with Gasteiger partial charge in [-0.05, 0) is 30.3 Å². The van der Waals surface area contributed by atoms with E-state index in [-0.39, 0.29) is 41.0 Å². The lowest BCUT2D eigenvalue weighted by Gasteiger charge is -2.09. The molecule has 3 rings (SSSR count). The Labute approximate surface area is 170 Å². The van der Waals surface area contributed by atoms with Crippen molar-refractivity contribution < 1.29 is 24.1 Å². The number of para-hydroxylation sites is 1. The summed E-state index contributed by atoms with van der Waals surface area (Å²) in [6.07, 6.45) is 1.65. The summed E-state index contributed by atoms with van der Waals surface area (Å²) in [6, 6.07) is 9.96. The van der Waals surface area contributed by atoms with Crippen LogP contribution in [0.1, 0.15) is 16.2 Å². The van der Waals surface area contributed by atoms with E-state index < -0.39 is 5.82 Å². The normalized spacial score (nSPS) is 10.7. The average molecular weight is 415 g/mol. The SMILES string of the molecule is C=CCn1c(COc2ccccc2F)nnc1SCC(=O)c1ccc(O)c(O)c1. The van der Waals surface area contributed by atoms with E-state index in [1.54, 1.807) is 22.8 Å². The lowest BCUT2D eigenvalue weighted by atomic mass is 10.1. The van der Waals surface area contributed by atoms with Gasteiger partial charge in [0, 0.05) is 12.1 Å². The number of halogens is 1. The van der Waals surface area contributed by atoms with Crippen molar-refractivity contribution in [1.29, 1.82) is 0 Å². The Morgan fingerprint density at radius 2 is 2.00 bits per heavy atom. The molecule has 0 aliphatic rings. The summed E-state index contributed by atoms with van der Waals surface area (Å²) in [4.78, 5) is 12.3. The first-order chi connectivity index (χ1) is 14.0. The van der Waals surface area contributed by atoms with Gasteiger partial charge in [0.15, 0.2) is 39.8 Å². The third-order valence-corrected chi connectivity index (χ3v) is 4.90. The highest BCUT2D eigenvalue weighted by molar-refractivity contribution is 7.99. The van der Waals surface area contributed by atoms with Crippen molar-refractivity contribution in [1.82, 2.24) is 14.8 Å². The number of hydrogen-bond donors (Lipinski definition) is 2. The number of benzene rings is 2. The Kier molecular flexibility index (Phi) is 6.50. The molecule has 2 N–H and O–H groups in total. The van der Waals surface area contributed by atoms with E-state index in [1.807, 2.05) is 0 Å². The standard InChI is InChI=1S/C20H18FN3O4S/c1-2-9-24-19(11-28-18-6-4-3-5-14(18)21)22-23-20(24)29-12-17(27)13-7-8-15(25)16(26)10-13/h2-8,10,25-26H,1,9,11-12H2. The molecule has 0 saturated carbocycles. The number of hydrogen-bond acceptors (Lipinski definition) is 7. The van der Waals surface area contributed by atoms with Crippen LogP contribution in [0, 0.1) is 5.82 Å². The minimum Gasteiger partial charge on any atom is -0.504 e. The minimum atomic E-state index is -0.473. The Morgan fingerprint density at radius 3 is 2.72 bits per heavy atom. The van der Waals surface area contributed by atoms with Crippen LogP contribution in [0.3, 0.4) is 0 Å². The fourth-order valence-corrected chi connectivity index (χ4v) is 3.32. The minimum absolute atomic E-state index is 0.00210. The zero-order chi connectivity index (χ0) is 20.8. The topological polar surface area (TPSA) is 97.5 Å². The molecular formula is C20H18FN3O4S. The van der Waals surface area contributed by atoms with Crippen LogP contribution in [0.25, 0.3) is 0 Å². The highest BCUT2D eigenvalue weighted by Gasteiger charge is 2.16. The molecule has 0 unspecified atom stereocenters. The number of Topliss-reactive ketones (excluding diaryl/α,β-unsaturated/α-hetero) is 1. The van der Waals surface area contributed by atoms with Crippen molar-refractivity contribution in [3.63, 3.8) is 0 Å². The molecule has 0 aliphatic carbocycles. The van der Waals surface area contributed by atoms with Crippen LogP contribution in [-0.2, 0) is 13.2 Å². The number of carbonyl (C=O) groups is 1. The first kappa shape index (κ1) is 20.4. The smallest absolute Gasteiger partial charge is 0.192 e. The number of ether oxygens (including phenoxy) is 1. The van der Waals surface area contributed by atoms with Gasteiger partial charge in [0.25, 0.3) is 0 Å². The van der Waals surface area contributed by atoms with E-state index in [9.17, 15) is 19.4 Å². The Balaban J connectivity index is 1.69. The van der Waals surface area contributed by atoms with Crippen molar-refractivity contribution in [2.75, 3.05) is 5.75 Å². The van der Waals surface area contributed by atoms with Crippen LogP contribution in [0.15, 0.2) is 60.3 Å². The highest BCUT2D eigenvalue weighted by atomic mass is 32.2. The third-order valence-electron chi connectivity index (χ3n) is 3.93. The summed E-state index contributed by atoms with van der Waals surface area (Å²) in [5.41, 5.74) is 0.269. The lowest BCUT2D eigenvalue weighted by Crippen LogP contribution is -2.09. The molecule has 2 aromatic carbocycles. The number of aromatic nitrogens is 3. The Bertz CT molecular complexity index is 1040. The molecule has 0 fully saturated rings. The summed E-state index contributed by atoms with van der Waals surface area (Å²) < 4.78 is 20.9. The molecule has 0 aliphatic heterocycles. The van der Waals surface area contributed by atoms with Crippen molar-refractivity contribution in [2.45, 2.75) is 18.3 Å². The molecule has 29 heavy (non-hydrogen) atoms. The van der Waals surface area contributed by atoms with E-state index in [4.69, 9.17) is 4.74 Å². The van der Waals surface area contributed by atoms with Crippen molar-refractivity contribution in [3.8, 4) is 17.2 Å². The van der Waals surface area contributed by atoms with Gasteiger partial charge in [0.1, 0.15) is 6.61 Å². The summed E-state index contributed by atoms with van der Waals surface area (Å²) in [7, 11) is 0. The third kappa shape index (κ3) is 4.94. The van der Waals surface area contributed by atoms with E-state index in [1.165, 1.54) is 30.3 Å². The maximum atomic E-state index is 13.7. The van der Waals surface area contributed by atoms with Gasteiger partial charge in [-0.3, -0.25) is 9.36 Å². The quantitative estimate of drug-likeness (QED) is 0.239. The van der Waals surface area contributed by atoms with Crippen LogP contribution in [0.2, 0.25) is 0 Å². The molecule has 0 spiro atoms. The molecule has 1 heterocycles. The summed E-state index contributed by atoms with van der Waals surface area (Å²) in [5.74, 6) is -0.749. The largest absolute Gasteiger partial charge is 0.504 e. The number of aromatic hydroxyl groups is 2. The van der Waals surface area contributed by atoms with Gasteiger partial charge in [0.05, 0.1) is 5.75 Å². The number of allylic oxidation sites excluding steroid dienone is 1. The van der Waals surface area contributed by atoms with Crippen LogP contribution in [0.4, 0.5) is 4.39 Å². The summed E-state index contributed by atoms with van der Waals surface area (Å²) >= 11 is 1.16. The van der Waals surface area contributed by atoms with E-state index in [0.29, 0.717) is 17.5 Å². The van der Waals surface area contributed by atoms with Gasteiger partial charge in [-0.15, -0.1) is 16.8 Å². The first-order valence-electron chi connectivity index (χ1n) is 8.58. The molecule has 0 radical (unpaired) electrons. The number of nitrogens with zero attached hydrogens (tertiary/aromatic N) is 3. The van der Waals surface area contributed by atoms with Crippen LogP contribution in [-0.4, -0.2) is 36.5 Å². The fraction of sp³-hybridized carbons (Fsp3) is 0.150. The molecule has 0 amide bonds. The molecule has 150 valence electrons. The van der Waals surface area contributed by atoms with Gasteiger partial charge in [-0.25, -0.2) is 4.39 Å².